The van der Waals surface area contributed by atoms with Crippen molar-refractivity contribution in [3.8, 4) is 23.0 Å². The zero-order chi connectivity index (χ0) is 29.8. The van der Waals surface area contributed by atoms with Crippen LogP contribution in [0, 0.1) is 6.92 Å². The molecule has 0 radical (unpaired) electrons. The molecular formula is C29H30N2O9S. The van der Waals surface area contributed by atoms with E-state index < -0.39 is 29.5 Å². The van der Waals surface area contributed by atoms with Crippen molar-refractivity contribution < 1.29 is 43.2 Å². The molecule has 1 atom stereocenters. The Kier molecular flexibility index (Phi) is 8.82. The lowest BCUT2D eigenvalue weighted by Gasteiger charge is -2.24. The van der Waals surface area contributed by atoms with Gasteiger partial charge in [0.25, 0.3) is 5.78 Å². The Bertz CT molecular complexity index is 1490. The smallest absolute Gasteiger partial charge is 0.350 e. The molecule has 41 heavy (non-hydrogen) atoms. The van der Waals surface area contributed by atoms with Crippen LogP contribution in [0.25, 0.3) is 5.76 Å². The maximum atomic E-state index is 13.6. The van der Waals surface area contributed by atoms with Crippen LogP contribution in [-0.4, -0.2) is 62.8 Å². The zero-order valence-electron chi connectivity index (χ0n) is 23.5. The summed E-state index contributed by atoms with van der Waals surface area (Å²) in [6.45, 7) is 4.11. The van der Waals surface area contributed by atoms with Gasteiger partial charge in [0.15, 0.2) is 16.6 Å². The van der Waals surface area contributed by atoms with Gasteiger partial charge < -0.3 is 28.8 Å². The number of hydrogen-bond acceptors (Lipinski definition) is 11. The average Bonchev–Trinajstić information content (AvgIpc) is 3.50. The molecular weight excluding hydrogens is 552 g/mol. The van der Waals surface area contributed by atoms with Crippen LogP contribution in [0.2, 0.25) is 0 Å². The average molecular weight is 583 g/mol. The topological polar surface area (TPSA) is 134 Å². The van der Waals surface area contributed by atoms with E-state index in [-0.39, 0.29) is 27.1 Å². The van der Waals surface area contributed by atoms with Crippen molar-refractivity contribution in [1.82, 2.24) is 4.98 Å². The van der Waals surface area contributed by atoms with E-state index in [0.29, 0.717) is 34.9 Å². The minimum Gasteiger partial charge on any atom is -0.507 e. The summed E-state index contributed by atoms with van der Waals surface area (Å²) < 4.78 is 26.9. The lowest BCUT2D eigenvalue weighted by molar-refractivity contribution is -0.132. The molecule has 216 valence electrons. The third-order valence-corrected chi connectivity index (χ3v) is 7.55. The second kappa shape index (κ2) is 12.3. The monoisotopic (exact) mass is 582 g/mol. The highest BCUT2D eigenvalue weighted by Crippen LogP contribution is 2.48. The molecule has 1 saturated heterocycles. The van der Waals surface area contributed by atoms with Gasteiger partial charge >= 0.3 is 11.9 Å². The first-order valence-corrected chi connectivity index (χ1v) is 13.4. The summed E-state index contributed by atoms with van der Waals surface area (Å²) in [5.41, 5.74) is 0.814. The number of aromatic nitrogens is 1. The maximum Gasteiger partial charge on any atom is 0.350 e. The van der Waals surface area contributed by atoms with Crippen LogP contribution in [0.15, 0.2) is 42.0 Å². The van der Waals surface area contributed by atoms with E-state index in [1.165, 1.54) is 28.4 Å². The number of esters is 1. The molecule has 1 aliphatic rings. The fourth-order valence-electron chi connectivity index (χ4n) is 4.46. The molecule has 0 saturated carbocycles. The number of aliphatic hydroxyl groups excluding tert-OH is 1. The number of nitrogens with zero attached hydrogens (tertiary/aromatic N) is 2. The summed E-state index contributed by atoms with van der Waals surface area (Å²) in [5, 5.41) is 11.5. The second-order valence-corrected chi connectivity index (χ2v) is 9.88. The Morgan fingerprint density at radius 3 is 2.20 bits per heavy atom. The van der Waals surface area contributed by atoms with E-state index in [4.69, 9.17) is 23.7 Å². The van der Waals surface area contributed by atoms with Gasteiger partial charge in [-0.05, 0) is 55.3 Å². The van der Waals surface area contributed by atoms with Crippen LogP contribution in [0.3, 0.4) is 0 Å². The van der Waals surface area contributed by atoms with E-state index in [1.54, 1.807) is 43.3 Å². The van der Waals surface area contributed by atoms with Gasteiger partial charge in [0.05, 0.1) is 52.4 Å². The summed E-state index contributed by atoms with van der Waals surface area (Å²) in [4.78, 5) is 45.2. The Morgan fingerprint density at radius 2 is 1.66 bits per heavy atom. The van der Waals surface area contributed by atoms with Gasteiger partial charge in [-0.3, -0.25) is 14.5 Å². The van der Waals surface area contributed by atoms with Crippen molar-refractivity contribution in [3.63, 3.8) is 0 Å². The minimum absolute atomic E-state index is 0.0751. The quantitative estimate of drug-likeness (QED) is 0.155. The largest absolute Gasteiger partial charge is 0.507 e. The second-order valence-electron chi connectivity index (χ2n) is 8.90. The highest BCUT2D eigenvalue weighted by molar-refractivity contribution is 7.17. The van der Waals surface area contributed by atoms with Crippen LogP contribution in [0.1, 0.15) is 45.9 Å². The number of methoxy groups -OCH3 is 4. The zero-order valence-corrected chi connectivity index (χ0v) is 24.3. The number of anilines is 1. The molecule has 1 aliphatic heterocycles. The summed E-state index contributed by atoms with van der Waals surface area (Å²) in [6.07, 6.45) is 0.827. The SMILES string of the molecule is CCCOc1ccc(/C(O)=C2\C(=O)C(=O)N(c3nc(C)c(C(=O)OC)s3)C2c2cc(OC)c(OC)c(OC)c2)cc1. The number of amides is 1. The predicted octanol–water partition coefficient (Wildman–Crippen LogP) is 4.68. The van der Waals surface area contributed by atoms with Crippen molar-refractivity contribution in [1.29, 1.82) is 0 Å². The van der Waals surface area contributed by atoms with Crippen molar-refractivity contribution in [3.05, 3.63) is 63.7 Å². The van der Waals surface area contributed by atoms with Gasteiger partial charge in [0.1, 0.15) is 16.4 Å². The van der Waals surface area contributed by atoms with Crippen LogP contribution in [0.4, 0.5) is 5.13 Å². The minimum atomic E-state index is -1.16. The van der Waals surface area contributed by atoms with Gasteiger partial charge in [-0.1, -0.05) is 18.3 Å². The van der Waals surface area contributed by atoms with Crippen molar-refractivity contribution in [2.45, 2.75) is 26.3 Å². The Labute approximate surface area is 240 Å². The number of ketones is 1. The van der Waals surface area contributed by atoms with E-state index in [9.17, 15) is 19.5 Å². The Morgan fingerprint density at radius 1 is 1.02 bits per heavy atom. The van der Waals surface area contributed by atoms with Crippen LogP contribution < -0.4 is 23.8 Å². The molecule has 2 aromatic carbocycles. The first kappa shape index (κ1) is 29.4. The molecule has 1 aromatic heterocycles. The summed E-state index contributed by atoms with van der Waals surface area (Å²) >= 11 is 0.900. The van der Waals surface area contributed by atoms with E-state index >= 15 is 0 Å². The number of hydrogen-bond donors (Lipinski definition) is 1. The van der Waals surface area contributed by atoms with Gasteiger partial charge in [-0.25, -0.2) is 9.78 Å². The number of ether oxygens (including phenoxy) is 5. The maximum absolute atomic E-state index is 13.6. The Hall–Kier alpha value is -4.58. The molecule has 3 aromatic rings. The number of carbonyl (C=O) groups excluding carboxylic acids is 3. The molecule has 0 spiro atoms. The standard InChI is InChI=1S/C29H30N2O9S/c1-7-12-40-18-10-8-16(9-11-18)23(32)21-22(17-13-19(36-3)25(38-5)20(14-17)37-4)31(27(34)24(21)33)29-30-15(2)26(41-29)28(35)39-6/h8-11,13-14,22,32H,7,12H2,1-6H3/b23-21+. The molecule has 1 unspecified atom stereocenters. The first-order chi connectivity index (χ1) is 19.7. The fourth-order valence-corrected chi connectivity index (χ4v) is 5.47. The molecule has 1 amide bonds. The van der Waals surface area contributed by atoms with Crippen molar-refractivity contribution in [2.75, 3.05) is 39.9 Å². The number of thiazole rings is 1. The van der Waals surface area contributed by atoms with Crippen molar-refractivity contribution in [2.24, 2.45) is 0 Å². The third kappa shape index (κ3) is 5.42. The van der Waals surface area contributed by atoms with E-state index in [2.05, 4.69) is 4.98 Å². The van der Waals surface area contributed by atoms with Crippen LogP contribution in [0.5, 0.6) is 23.0 Å². The number of benzene rings is 2. The molecule has 2 heterocycles. The van der Waals surface area contributed by atoms with Gasteiger partial charge in [0, 0.05) is 5.56 Å². The number of aryl methyl sites for hydroxylation is 1. The molecule has 0 bridgehead atoms. The molecule has 0 aliphatic carbocycles. The highest BCUT2D eigenvalue weighted by atomic mass is 32.1. The predicted molar refractivity (Wildman–Crippen MR) is 151 cm³/mol. The highest BCUT2D eigenvalue weighted by Gasteiger charge is 2.49. The molecule has 11 nitrogen and oxygen atoms in total. The van der Waals surface area contributed by atoms with Crippen molar-refractivity contribution >= 4 is 39.9 Å². The normalized spacial score (nSPS) is 16.0. The number of aliphatic hydroxyl groups is 1. The van der Waals surface area contributed by atoms with E-state index in [1.807, 2.05) is 6.92 Å². The van der Waals surface area contributed by atoms with Crippen LogP contribution >= 0.6 is 11.3 Å². The lowest BCUT2D eigenvalue weighted by atomic mass is 9.94. The first-order valence-electron chi connectivity index (χ1n) is 12.6. The van der Waals surface area contributed by atoms with Gasteiger partial charge in [0.2, 0.25) is 5.75 Å². The summed E-state index contributed by atoms with van der Waals surface area (Å²) in [6, 6.07) is 8.55. The Balaban J connectivity index is 1.95. The van der Waals surface area contributed by atoms with Gasteiger partial charge in [-0.15, -0.1) is 0 Å². The number of rotatable bonds is 10. The lowest BCUT2D eigenvalue weighted by Crippen LogP contribution is -2.29. The summed E-state index contributed by atoms with van der Waals surface area (Å²) in [7, 11) is 5.56. The number of carbonyl (C=O) groups is 3. The molecule has 12 heteroatoms. The molecule has 1 fully saturated rings. The molecule has 1 N–H and O–H groups in total. The summed E-state index contributed by atoms with van der Waals surface area (Å²) in [5.74, 6) is -1.44. The molecule has 4 rings (SSSR count). The number of Topliss-reactive ketones (excluding diaryl/α,β-unsaturated/α-hetero) is 1. The third-order valence-electron chi connectivity index (χ3n) is 6.41. The van der Waals surface area contributed by atoms with Crippen LogP contribution in [-0.2, 0) is 14.3 Å². The fraction of sp³-hybridized carbons (Fsp3) is 0.310. The van der Waals surface area contributed by atoms with E-state index in [0.717, 1.165) is 22.7 Å². The van der Waals surface area contributed by atoms with Gasteiger partial charge in [-0.2, -0.15) is 0 Å².